The maximum atomic E-state index is 12.6. The van der Waals surface area contributed by atoms with Gasteiger partial charge in [-0.3, -0.25) is 9.69 Å². The first-order chi connectivity index (χ1) is 9.70. The van der Waals surface area contributed by atoms with Crippen LogP contribution in [0.3, 0.4) is 0 Å². The van der Waals surface area contributed by atoms with Gasteiger partial charge in [0.05, 0.1) is 15.1 Å². The fourth-order valence-electron chi connectivity index (χ4n) is 2.06. The van der Waals surface area contributed by atoms with Crippen molar-refractivity contribution in [2.45, 2.75) is 13.8 Å². The molecular weight excluding hydrogens is 288 g/mol. The molecule has 0 saturated heterocycles. The van der Waals surface area contributed by atoms with E-state index in [4.69, 9.17) is 0 Å². The van der Waals surface area contributed by atoms with E-state index >= 15 is 0 Å². The van der Waals surface area contributed by atoms with Gasteiger partial charge in [0.25, 0.3) is 5.91 Å². The maximum absolute atomic E-state index is 12.6. The van der Waals surface area contributed by atoms with Gasteiger partial charge in [0.2, 0.25) is 0 Å². The molecule has 2 aromatic heterocycles. The quantitative estimate of drug-likeness (QED) is 0.721. The Bertz CT molecular complexity index is 727. The topological polar surface area (TPSA) is 33.2 Å². The Labute approximate surface area is 125 Å². The fraction of sp³-hybridized carbons (Fsp3) is 0.200. The Morgan fingerprint density at radius 2 is 2.10 bits per heavy atom. The smallest absolute Gasteiger partial charge is 0.270 e. The number of carbonyl (C=O) groups excluding carboxylic acids is 1. The number of benzene rings is 1. The third-order valence-corrected chi connectivity index (χ3v) is 5.20. The molecule has 0 aliphatic carbocycles. The van der Waals surface area contributed by atoms with Crippen molar-refractivity contribution in [2.24, 2.45) is 0 Å². The molecule has 3 rings (SSSR count). The van der Waals surface area contributed by atoms with Crippen LogP contribution in [-0.2, 0) is 0 Å². The third-order valence-electron chi connectivity index (χ3n) is 3.13. The van der Waals surface area contributed by atoms with E-state index in [9.17, 15) is 4.79 Å². The number of nitrogens with zero attached hydrogens (tertiary/aromatic N) is 2. The van der Waals surface area contributed by atoms with E-state index in [0.29, 0.717) is 6.54 Å². The minimum Gasteiger partial charge on any atom is -0.284 e. The van der Waals surface area contributed by atoms with Gasteiger partial charge in [-0.05, 0) is 43.0 Å². The van der Waals surface area contributed by atoms with Gasteiger partial charge in [0, 0.05) is 6.54 Å². The number of thiazole rings is 1. The van der Waals surface area contributed by atoms with Crippen LogP contribution in [0.15, 0.2) is 35.7 Å². The summed E-state index contributed by atoms with van der Waals surface area (Å²) in [6.45, 7) is 4.57. The highest BCUT2D eigenvalue weighted by atomic mass is 32.1. The van der Waals surface area contributed by atoms with E-state index in [-0.39, 0.29) is 5.91 Å². The summed E-state index contributed by atoms with van der Waals surface area (Å²) in [6, 6.07) is 9.94. The average Bonchev–Trinajstić information content (AvgIpc) is 3.05. The van der Waals surface area contributed by atoms with Crippen LogP contribution in [0.1, 0.15) is 22.2 Å². The summed E-state index contributed by atoms with van der Waals surface area (Å²) in [5.74, 6) is 0.0408. The highest BCUT2D eigenvalue weighted by Gasteiger charge is 2.21. The number of carbonyl (C=O) groups is 1. The van der Waals surface area contributed by atoms with Crippen molar-refractivity contribution in [3.05, 3.63) is 46.2 Å². The predicted molar refractivity (Wildman–Crippen MR) is 86.0 cm³/mol. The number of aromatic nitrogens is 1. The molecule has 0 atom stereocenters. The number of aryl methyl sites for hydroxylation is 1. The number of rotatable bonds is 3. The van der Waals surface area contributed by atoms with Gasteiger partial charge in [-0.1, -0.05) is 23.5 Å². The van der Waals surface area contributed by atoms with Crippen molar-refractivity contribution >= 4 is 43.9 Å². The van der Waals surface area contributed by atoms with Crippen LogP contribution >= 0.6 is 22.7 Å². The number of hydrogen-bond acceptors (Lipinski definition) is 4. The molecule has 102 valence electrons. The summed E-state index contributed by atoms with van der Waals surface area (Å²) in [6.07, 6.45) is 0. The monoisotopic (exact) mass is 302 g/mol. The Kier molecular flexibility index (Phi) is 3.54. The lowest BCUT2D eigenvalue weighted by atomic mass is 10.2. The number of amides is 1. The average molecular weight is 302 g/mol. The van der Waals surface area contributed by atoms with Gasteiger partial charge in [0.15, 0.2) is 5.13 Å². The number of hydrogen-bond donors (Lipinski definition) is 0. The maximum Gasteiger partial charge on any atom is 0.270 e. The van der Waals surface area contributed by atoms with Crippen molar-refractivity contribution in [1.29, 1.82) is 0 Å². The van der Waals surface area contributed by atoms with Crippen LogP contribution in [0.4, 0.5) is 5.13 Å². The lowest BCUT2D eigenvalue weighted by molar-refractivity contribution is 0.0991. The summed E-state index contributed by atoms with van der Waals surface area (Å²) in [4.78, 5) is 19.8. The van der Waals surface area contributed by atoms with Gasteiger partial charge >= 0.3 is 0 Å². The molecule has 5 heteroatoms. The zero-order valence-corrected chi connectivity index (χ0v) is 12.9. The van der Waals surface area contributed by atoms with Gasteiger partial charge < -0.3 is 0 Å². The third kappa shape index (κ3) is 2.23. The van der Waals surface area contributed by atoms with Crippen LogP contribution in [0.2, 0.25) is 0 Å². The van der Waals surface area contributed by atoms with Crippen LogP contribution in [-0.4, -0.2) is 17.4 Å². The first-order valence-electron chi connectivity index (χ1n) is 6.42. The highest BCUT2D eigenvalue weighted by Crippen LogP contribution is 2.30. The summed E-state index contributed by atoms with van der Waals surface area (Å²) in [7, 11) is 0. The van der Waals surface area contributed by atoms with E-state index in [0.717, 1.165) is 25.8 Å². The molecule has 20 heavy (non-hydrogen) atoms. The van der Waals surface area contributed by atoms with Gasteiger partial charge in [-0.15, -0.1) is 11.3 Å². The first-order valence-corrected chi connectivity index (χ1v) is 8.12. The summed E-state index contributed by atoms with van der Waals surface area (Å²) in [5.41, 5.74) is 1.97. The van der Waals surface area contributed by atoms with Crippen LogP contribution < -0.4 is 4.90 Å². The zero-order chi connectivity index (χ0) is 14.1. The molecule has 0 unspecified atom stereocenters. The molecule has 1 amide bonds. The Morgan fingerprint density at radius 3 is 2.75 bits per heavy atom. The molecule has 3 nitrogen and oxygen atoms in total. The number of fused-ring (bicyclic) bond motifs is 1. The lowest BCUT2D eigenvalue weighted by Gasteiger charge is -2.17. The van der Waals surface area contributed by atoms with Crippen LogP contribution in [0.25, 0.3) is 10.2 Å². The van der Waals surface area contributed by atoms with Crippen molar-refractivity contribution in [1.82, 2.24) is 4.98 Å². The minimum absolute atomic E-state index is 0.0408. The standard InChI is InChI=1S/C15H14N2OS2/c1-3-17(14(18)13-10(2)8-9-19-13)15-16-11-6-4-5-7-12(11)20-15/h4-9H,3H2,1-2H3. The largest absolute Gasteiger partial charge is 0.284 e. The Balaban J connectivity index is 2.01. The van der Waals surface area contributed by atoms with E-state index < -0.39 is 0 Å². The Hall–Kier alpha value is -1.72. The molecule has 3 aromatic rings. The molecule has 0 radical (unpaired) electrons. The molecule has 0 aliphatic rings. The second kappa shape index (κ2) is 5.34. The van der Waals surface area contributed by atoms with Crippen LogP contribution in [0, 0.1) is 6.92 Å². The van der Waals surface area contributed by atoms with E-state index in [1.54, 1.807) is 16.2 Å². The molecule has 0 bridgehead atoms. The van der Waals surface area contributed by atoms with E-state index in [2.05, 4.69) is 4.98 Å². The fourth-order valence-corrected chi connectivity index (χ4v) is 3.96. The molecule has 0 aliphatic heterocycles. The summed E-state index contributed by atoms with van der Waals surface area (Å²) >= 11 is 3.05. The second-order valence-corrected chi connectivity index (χ2v) is 6.37. The molecule has 0 spiro atoms. The van der Waals surface area contributed by atoms with Crippen LogP contribution in [0.5, 0.6) is 0 Å². The normalized spacial score (nSPS) is 10.9. The van der Waals surface area contributed by atoms with Crippen molar-refractivity contribution in [2.75, 3.05) is 11.4 Å². The van der Waals surface area contributed by atoms with Crippen molar-refractivity contribution < 1.29 is 4.79 Å². The predicted octanol–water partition coefficient (Wildman–Crippen LogP) is 4.33. The van der Waals surface area contributed by atoms with Crippen molar-refractivity contribution in [3.8, 4) is 0 Å². The zero-order valence-electron chi connectivity index (χ0n) is 11.3. The van der Waals surface area contributed by atoms with E-state index in [1.807, 2.05) is 49.6 Å². The van der Waals surface area contributed by atoms with Gasteiger partial charge in [0.1, 0.15) is 0 Å². The highest BCUT2D eigenvalue weighted by molar-refractivity contribution is 7.22. The minimum atomic E-state index is 0.0408. The molecule has 2 heterocycles. The summed E-state index contributed by atoms with van der Waals surface area (Å²) in [5, 5.41) is 2.72. The SMILES string of the molecule is CCN(C(=O)c1sccc1C)c1nc2ccccc2s1. The Morgan fingerprint density at radius 1 is 1.30 bits per heavy atom. The molecule has 0 N–H and O–H groups in total. The van der Waals surface area contributed by atoms with Crippen molar-refractivity contribution in [3.63, 3.8) is 0 Å². The number of thiophene rings is 1. The van der Waals surface area contributed by atoms with E-state index in [1.165, 1.54) is 11.3 Å². The first kappa shape index (κ1) is 13.3. The second-order valence-electron chi connectivity index (χ2n) is 4.45. The summed E-state index contributed by atoms with van der Waals surface area (Å²) < 4.78 is 1.11. The molecular formula is C15H14N2OS2. The number of anilines is 1. The molecule has 0 saturated carbocycles. The van der Waals surface area contributed by atoms with Gasteiger partial charge in [-0.25, -0.2) is 4.98 Å². The molecule has 1 aromatic carbocycles. The number of para-hydroxylation sites is 1. The molecule has 0 fully saturated rings. The lowest BCUT2D eigenvalue weighted by Crippen LogP contribution is -2.30. The van der Waals surface area contributed by atoms with Gasteiger partial charge in [-0.2, -0.15) is 0 Å².